The first kappa shape index (κ1) is 13.6. The topological polar surface area (TPSA) is 52.9 Å². The molecule has 19 heavy (non-hydrogen) atoms. The Morgan fingerprint density at radius 2 is 2.11 bits per heavy atom. The van der Waals surface area contributed by atoms with Gasteiger partial charge in [0.25, 0.3) is 0 Å². The Bertz CT molecular complexity index is 473. The molecule has 3 nitrogen and oxygen atoms in total. The van der Waals surface area contributed by atoms with Gasteiger partial charge in [-0.05, 0) is 42.4 Å². The largest absolute Gasteiger partial charge is 0.356 e. The summed E-state index contributed by atoms with van der Waals surface area (Å²) < 4.78 is 0. The van der Waals surface area contributed by atoms with Crippen LogP contribution in [-0.2, 0) is 11.2 Å². The van der Waals surface area contributed by atoms with E-state index in [0.717, 1.165) is 18.0 Å². The van der Waals surface area contributed by atoms with Crippen molar-refractivity contribution >= 4 is 5.91 Å². The monoisotopic (exact) mass is 256 g/mol. The zero-order chi connectivity index (χ0) is 13.7. The van der Waals surface area contributed by atoms with Crippen LogP contribution in [0.3, 0.4) is 0 Å². The van der Waals surface area contributed by atoms with E-state index in [4.69, 9.17) is 5.26 Å². The van der Waals surface area contributed by atoms with Crippen LogP contribution in [0.2, 0.25) is 0 Å². The van der Waals surface area contributed by atoms with Crippen LogP contribution in [0.15, 0.2) is 24.3 Å². The molecule has 1 fully saturated rings. The summed E-state index contributed by atoms with van der Waals surface area (Å²) in [6.45, 7) is 3.08. The van der Waals surface area contributed by atoms with Crippen LogP contribution >= 0.6 is 0 Å². The van der Waals surface area contributed by atoms with Crippen LogP contribution < -0.4 is 5.32 Å². The van der Waals surface area contributed by atoms with Gasteiger partial charge in [0.2, 0.25) is 5.91 Å². The highest BCUT2D eigenvalue weighted by Crippen LogP contribution is 2.29. The maximum atomic E-state index is 11.8. The average molecular weight is 256 g/mol. The summed E-state index contributed by atoms with van der Waals surface area (Å²) in [7, 11) is 0. The summed E-state index contributed by atoms with van der Waals surface area (Å²) in [5.74, 6) is 1.53. The maximum absolute atomic E-state index is 11.8. The van der Waals surface area contributed by atoms with Gasteiger partial charge in [-0.1, -0.05) is 25.5 Å². The smallest absolute Gasteiger partial charge is 0.224 e. The van der Waals surface area contributed by atoms with Crippen molar-refractivity contribution in [3.05, 3.63) is 35.4 Å². The van der Waals surface area contributed by atoms with Gasteiger partial charge in [-0.15, -0.1) is 0 Å². The lowest BCUT2D eigenvalue weighted by Gasteiger charge is -2.11. The number of carbonyl (C=O) groups excluding carboxylic acids is 1. The molecule has 2 unspecified atom stereocenters. The summed E-state index contributed by atoms with van der Waals surface area (Å²) in [5.41, 5.74) is 1.58. The van der Waals surface area contributed by atoms with Gasteiger partial charge < -0.3 is 5.32 Å². The van der Waals surface area contributed by atoms with Crippen molar-refractivity contribution in [3.8, 4) is 6.07 Å². The van der Waals surface area contributed by atoms with Gasteiger partial charge in [0.05, 0.1) is 18.1 Å². The number of amides is 1. The van der Waals surface area contributed by atoms with E-state index in [1.54, 1.807) is 12.1 Å². The van der Waals surface area contributed by atoms with Crippen LogP contribution in [0.5, 0.6) is 0 Å². The first-order valence-electron chi connectivity index (χ1n) is 6.93. The highest BCUT2D eigenvalue weighted by molar-refractivity contribution is 5.78. The third-order valence-corrected chi connectivity index (χ3v) is 3.84. The Balaban J connectivity index is 1.76. The minimum absolute atomic E-state index is 0.0734. The van der Waals surface area contributed by atoms with E-state index in [9.17, 15) is 4.79 Å². The Hall–Kier alpha value is -1.82. The lowest BCUT2D eigenvalue weighted by molar-refractivity contribution is -0.120. The van der Waals surface area contributed by atoms with E-state index in [1.165, 1.54) is 19.3 Å². The third kappa shape index (κ3) is 4.10. The van der Waals surface area contributed by atoms with Crippen LogP contribution in [-0.4, -0.2) is 12.5 Å². The van der Waals surface area contributed by atoms with Gasteiger partial charge >= 0.3 is 0 Å². The fourth-order valence-corrected chi connectivity index (χ4v) is 2.71. The molecule has 1 aliphatic carbocycles. The highest BCUT2D eigenvalue weighted by atomic mass is 16.1. The zero-order valence-electron chi connectivity index (χ0n) is 11.4. The van der Waals surface area contributed by atoms with Crippen molar-refractivity contribution in [1.29, 1.82) is 5.26 Å². The number of hydrogen-bond donors (Lipinski definition) is 1. The Kier molecular flexibility index (Phi) is 4.57. The molecule has 0 aliphatic heterocycles. The molecule has 1 saturated carbocycles. The van der Waals surface area contributed by atoms with Gasteiger partial charge in [-0.3, -0.25) is 4.79 Å². The lowest BCUT2D eigenvalue weighted by atomic mass is 10.1. The van der Waals surface area contributed by atoms with E-state index < -0.39 is 0 Å². The Morgan fingerprint density at radius 3 is 2.68 bits per heavy atom. The van der Waals surface area contributed by atoms with Gasteiger partial charge in [-0.2, -0.15) is 5.26 Å². The third-order valence-electron chi connectivity index (χ3n) is 3.84. The summed E-state index contributed by atoms with van der Waals surface area (Å²) in [4.78, 5) is 11.8. The molecule has 0 saturated heterocycles. The lowest BCUT2D eigenvalue weighted by Crippen LogP contribution is -2.29. The standard InChI is InChI=1S/C16H20N2O/c1-12-2-3-15(8-12)11-18-16(19)9-13-4-6-14(10-17)7-5-13/h4-7,12,15H,2-3,8-9,11H2,1H3,(H,18,19). The van der Waals surface area contributed by atoms with Gasteiger partial charge in [0.1, 0.15) is 0 Å². The molecule has 0 heterocycles. The van der Waals surface area contributed by atoms with E-state index in [-0.39, 0.29) is 5.91 Å². The summed E-state index contributed by atoms with van der Waals surface area (Å²) in [6.07, 6.45) is 4.15. The van der Waals surface area contributed by atoms with E-state index in [2.05, 4.69) is 18.3 Å². The molecule has 2 atom stereocenters. The number of hydrogen-bond acceptors (Lipinski definition) is 2. The fraction of sp³-hybridized carbons (Fsp3) is 0.500. The molecular formula is C16H20N2O. The van der Waals surface area contributed by atoms with E-state index >= 15 is 0 Å². The normalized spacial score (nSPS) is 21.9. The Morgan fingerprint density at radius 1 is 1.37 bits per heavy atom. The van der Waals surface area contributed by atoms with Gasteiger partial charge in [0.15, 0.2) is 0 Å². The molecule has 0 aromatic heterocycles. The zero-order valence-corrected chi connectivity index (χ0v) is 11.4. The van der Waals surface area contributed by atoms with E-state index in [0.29, 0.717) is 17.9 Å². The van der Waals surface area contributed by atoms with Crippen LogP contribution in [0, 0.1) is 23.2 Å². The first-order valence-corrected chi connectivity index (χ1v) is 6.93. The highest BCUT2D eigenvalue weighted by Gasteiger charge is 2.21. The second-order valence-electron chi connectivity index (χ2n) is 5.57. The summed E-state index contributed by atoms with van der Waals surface area (Å²) in [6, 6.07) is 9.26. The molecule has 3 heteroatoms. The molecular weight excluding hydrogens is 236 g/mol. The van der Waals surface area contributed by atoms with Crippen LogP contribution in [0.4, 0.5) is 0 Å². The van der Waals surface area contributed by atoms with Crippen molar-refractivity contribution in [3.63, 3.8) is 0 Å². The first-order chi connectivity index (χ1) is 9.17. The number of nitrogens with one attached hydrogen (secondary N) is 1. The molecule has 1 aromatic rings. The van der Waals surface area contributed by atoms with Gasteiger partial charge in [-0.25, -0.2) is 0 Å². The van der Waals surface area contributed by atoms with Crippen molar-refractivity contribution in [1.82, 2.24) is 5.32 Å². The fourth-order valence-electron chi connectivity index (χ4n) is 2.71. The SMILES string of the molecule is CC1CCC(CNC(=O)Cc2ccc(C#N)cc2)C1. The van der Waals surface area contributed by atoms with Crippen LogP contribution in [0.25, 0.3) is 0 Å². The molecule has 1 aromatic carbocycles. The second kappa shape index (κ2) is 6.38. The number of benzene rings is 1. The Labute approximate surface area is 114 Å². The molecule has 0 spiro atoms. The molecule has 0 bridgehead atoms. The van der Waals surface area contributed by atoms with Gasteiger partial charge in [0, 0.05) is 6.54 Å². The molecule has 0 radical (unpaired) electrons. The molecule has 2 rings (SSSR count). The molecule has 1 aliphatic rings. The number of nitrogens with zero attached hydrogens (tertiary/aromatic N) is 1. The quantitative estimate of drug-likeness (QED) is 0.900. The minimum Gasteiger partial charge on any atom is -0.356 e. The van der Waals surface area contributed by atoms with Crippen molar-refractivity contribution in [2.75, 3.05) is 6.54 Å². The van der Waals surface area contributed by atoms with E-state index in [1.807, 2.05) is 12.1 Å². The van der Waals surface area contributed by atoms with Crippen molar-refractivity contribution in [2.45, 2.75) is 32.6 Å². The summed E-state index contributed by atoms with van der Waals surface area (Å²) in [5, 5.41) is 11.7. The second-order valence-corrected chi connectivity index (χ2v) is 5.57. The molecule has 100 valence electrons. The minimum atomic E-state index is 0.0734. The number of rotatable bonds is 4. The number of nitriles is 1. The van der Waals surface area contributed by atoms with Crippen molar-refractivity contribution < 1.29 is 4.79 Å². The molecule has 1 amide bonds. The molecule has 1 N–H and O–H groups in total. The number of carbonyl (C=O) groups is 1. The summed E-state index contributed by atoms with van der Waals surface area (Å²) >= 11 is 0. The maximum Gasteiger partial charge on any atom is 0.224 e. The predicted molar refractivity (Wildman–Crippen MR) is 74.4 cm³/mol. The van der Waals surface area contributed by atoms with Crippen molar-refractivity contribution in [2.24, 2.45) is 11.8 Å². The predicted octanol–water partition coefficient (Wildman–Crippen LogP) is 2.65. The average Bonchev–Trinajstić information content (AvgIpc) is 2.83. The van der Waals surface area contributed by atoms with Crippen LogP contribution in [0.1, 0.15) is 37.3 Å².